The van der Waals surface area contributed by atoms with Crippen molar-refractivity contribution in [2.75, 3.05) is 0 Å². The molecule has 0 spiro atoms. The Balaban J connectivity index is 1.75. The number of pyridine rings is 1. The molecule has 2 fully saturated rings. The molecule has 0 amide bonds. The number of rotatable bonds is 4. The zero-order valence-corrected chi connectivity index (χ0v) is 12.0. The number of nitrogens with zero attached hydrogens (tertiary/aromatic N) is 2. The Hall–Kier alpha value is -1.22. The van der Waals surface area contributed by atoms with E-state index in [1.165, 1.54) is 36.9 Å². The molecule has 2 aliphatic carbocycles. The van der Waals surface area contributed by atoms with E-state index in [0.29, 0.717) is 5.92 Å². The van der Waals surface area contributed by atoms with Crippen LogP contribution < -0.4 is 0 Å². The van der Waals surface area contributed by atoms with E-state index in [9.17, 15) is 0 Å². The van der Waals surface area contributed by atoms with Gasteiger partial charge in [0.25, 0.3) is 0 Å². The molecule has 2 aliphatic rings. The van der Waals surface area contributed by atoms with E-state index in [1.54, 1.807) is 4.88 Å². The van der Waals surface area contributed by atoms with Crippen LogP contribution in [0.1, 0.15) is 55.0 Å². The molecule has 2 heterocycles. The number of hydrogen-bond acceptors (Lipinski definition) is 3. The highest BCUT2D eigenvalue weighted by Gasteiger charge is 2.36. The first-order valence-electron chi connectivity index (χ1n) is 7.24. The van der Waals surface area contributed by atoms with Crippen molar-refractivity contribution in [1.29, 1.82) is 0 Å². The van der Waals surface area contributed by atoms with Crippen molar-refractivity contribution in [3.05, 3.63) is 35.1 Å². The Kier molecular flexibility index (Phi) is 2.69. The molecule has 0 aliphatic heterocycles. The summed E-state index contributed by atoms with van der Waals surface area (Å²) in [6.45, 7) is 2.39. The maximum atomic E-state index is 4.95. The van der Waals surface area contributed by atoms with Gasteiger partial charge in [0, 0.05) is 28.8 Å². The molecule has 1 atom stereocenters. The number of aromatic nitrogens is 2. The lowest BCUT2D eigenvalue weighted by molar-refractivity contribution is 0.666. The van der Waals surface area contributed by atoms with Crippen molar-refractivity contribution in [3.8, 4) is 10.6 Å². The van der Waals surface area contributed by atoms with E-state index >= 15 is 0 Å². The standard InChI is InChI=1S/C16H18N2S/c1-10(11-4-5-11)15-14(12-6-7-12)18-16(19-15)13-3-2-8-17-9-13/h2-3,8-12H,4-7H2,1H3. The van der Waals surface area contributed by atoms with Gasteiger partial charge in [-0.25, -0.2) is 4.98 Å². The van der Waals surface area contributed by atoms with Crippen molar-refractivity contribution in [2.45, 2.75) is 44.4 Å². The van der Waals surface area contributed by atoms with Crippen LogP contribution in [0.4, 0.5) is 0 Å². The summed E-state index contributed by atoms with van der Waals surface area (Å²) in [6, 6.07) is 4.12. The average Bonchev–Trinajstić information content (AvgIpc) is 3.36. The van der Waals surface area contributed by atoms with Gasteiger partial charge in [-0.1, -0.05) is 6.92 Å². The topological polar surface area (TPSA) is 25.8 Å². The lowest BCUT2D eigenvalue weighted by atomic mass is 10.0. The van der Waals surface area contributed by atoms with E-state index in [4.69, 9.17) is 4.98 Å². The van der Waals surface area contributed by atoms with Gasteiger partial charge in [-0.05, 0) is 49.7 Å². The molecule has 98 valence electrons. The van der Waals surface area contributed by atoms with E-state index in [1.807, 2.05) is 29.8 Å². The van der Waals surface area contributed by atoms with Gasteiger partial charge in [-0.2, -0.15) is 0 Å². The average molecular weight is 270 g/mol. The maximum Gasteiger partial charge on any atom is 0.125 e. The fourth-order valence-electron chi connectivity index (χ4n) is 2.74. The van der Waals surface area contributed by atoms with Crippen molar-refractivity contribution >= 4 is 11.3 Å². The number of hydrogen-bond donors (Lipinski definition) is 0. The molecule has 2 aromatic heterocycles. The molecular weight excluding hydrogens is 252 g/mol. The summed E-state index contributed by atoms with van der Waals surface area (Å²) in [7, 11) is 0. The second kappa shape index (κ2) is 4.41. The van der Waals surface area contributed by atoms with Gasteiger partial charge in [-0.15, -0.1) is 11.3 Å². The highest BCUT2D eigenvalue weighted by Crippen LogP contribution is 2.51. The Morgan fingerprint density at radius 3 is 2.74 bits per heavy atom. The van der Waals surface area contributed by atoms with Gasteiger partial charge in [0.2, 0.25) is 0 Å². The van der Waals surface area contributed by atoms with Gasteiger partial charge in [0.1, 0.15) is 5.01 Å². The van der Waals surface area contributed by atoms with Gasteiger partial charge in [0.05, 0.1) is 5.69 Å². The highest BCUT2D eigenvalue weighted by molar-refractivity contribution is 7.15. The minimum atomic E-state index is 0.707. The normalized spacial score (nSPS) is 20.5. The van der Waals surface area contributed by atoms with Crippen molar-refractivity contribution in [2.24, 2.45) is 5.92 Å². The molecule has 4 rings (SSSR count). The van der Waals surface area contributed by atoms with Crippen LogP contribution in [-0.4, -0.2) is 9.97 Å². The van der Waals surface area contributed by atoms with Crippen LogP contribution in [-0.2, 0) is 0 Å². The van der Waals surface area contributed by atoms with Crippen LogP contribution in [0.3, 0.4) is 0 Å². The maximum absolute atomic E-state index is 4.95. The van der Waals surface area contributed by atoms with Gasteiger partial charge in [-0.3, -0.25) is 4.98 Å². The summed E-state index contributed by atoms with van der Waals surface area (Å²) in [5.41, 5.74) is 2.58. The summed E-state index contributed by atoms with van der Waals surface area (Å²) in [6.07, 6.45) is 9.24. The van der Waals surface area contributed by atoms with Crippen molar-refractivity contribution < 1.29 is 0 Å². The molecule has 1 unspecified atom stereocenters. The Morgan fingerprint density at radius 1 is 1.26 bits per heavy atom. The van der Waals surface area contributed by atoms with Gasteiger partial charge >= 0.3 is 0 Å². The fraction of sp³-hybridized carbons (Fsp3) is 0.500. The van der Waals surface area contributed by atoms with Gasteiger partial charge < -0.3 is 0 Å². The smallest absolute Gasteiger partial charge is 0.125 e. The first-order valence-corrected chi connectivity index (χ1v) is 8.05. The Morgan fingerprint density at radius 2 is 2.11 bits per heavy atom. The lowest BCUT2D eigenvalue weighted by Crippen LogP contribution is -1.96. The SMILES string of the molecule is CC(c1sc(-c2cccnc2)nc1C1CC1)C1CC1. The predicted molar refractivity (Wildman–Crippen MR) is 78.5 cm³/mol. The van der Waals surface area contributed by atoms with Gasteiger partial charge in [0.15, 0.2) is 0 Å². The Labute approximate surface area is 117 Å². The molecule has 2 nitrogen and oxygen atoms in total. The molecule has 0 bridgehead atoms. The second-order valence-corrected chi connectivity index (χ2v) is 6.94. The first kappa shape index (κ1) is 11.6. The largest absolute Gasteiger partial charge is 0.264 e. The summed E-state index contributed by atoms with van der Waals surface area (Å²) in [5.74, 6) is 2.37. The molecule has 0 aromatic carbocycles. The second-order valence-electron chi connectivity index (χ2n) is 5.91. The molecule has 0 radical (unpaired) electrons. The molecule has 0 saturated heterocycles. The summed E-state index contributed by atoms with van der Waals surface area (Å²) >= 11 is 1.91. The monoisotopic (exact) mass is 270 g/mol. The van der Waals surface area contributed by atoms with Crippen LogP contribution in [0.15, 0.2) is 24.5 Å². The third-order valence-electron chi connectivity index (χ3n) is 4.30. The zero-order chi connectivity index (χ0) is 12.8. The molecule has 2 aromatic rings. The van der Waals surface area contributed by atoms with Crippen LogP contribution in [0.25, 0.3) is 10.6 Å². The summed E-state index contributed by atoms with van der Waals surface area (Å²) in [5, 5.41) is 1.16. The summed E-state index contributed by atoms with van der Waals surface area (Å²) < 4.78 is 0. The van der Waals surface area contributed by atoms with E-state index in [0.717, 1.165) is 16.8 Å². The molecule has 3 heteroatoms. The van der Waals surface area contributed by atoms with Crippen LogP contribution >= 0.6 is 11.3 Å². The Bertz CT molecular complexity index is 582. The molecule has 2 saturated carbocycles. The minimum Gasteiger partial charge on any atom is -0.264 e. The third kappa shape index (κ3) is 2.20. The molecular formula is C16H18N2S. The highest BCUT2D eigenvalue weighted by atomic mass is 32.1. The zero-order valence-electron chi connectivity index (χ0n) is 11.2. The van der Waals surface area contributed by atoms with Crippen molar-refractivity contribution in [1.82, 2.24) is 9.97 Å². The molecule has 19 heavy (non-hydrogen) atoms. The van der Waals surface area contributed by atoms with Crippen LogP contribution in [0.2, 0.25) is 0 Å². The lowest BCUT2D eigenvalue weighted by Gasteiger charge is -2.08. The van der Waals surface area contributed by atoms with E-state index < -0.39 is 0 Å². The first-order chi connectivity index (χ1) is 9.33. The summed E-state index contributed by atoms with van der Waals surface area (Å²) in [4.78, 5) is 10.7. The molecule has 0 N–H and O–H groups in total. The number of thiazole rings is 1. The van der Waals surface area contributed by atoms with Crippen LogP contribution in [0, 0.1) is 5.92 Å². The van der Waals surface area contributed by atoms with Crippen molar-refractivity contribution in [3.63, 3.8) is 0 Å². The van der Waals surface area contributed by atoms with Crippen LogP contribution in [0.5, 0.6) is 0 Å². The quantitative estimate of drug-likeness (QED) is 0.811. The predicted octanol–water partition coefficient (Wildman–Crippen LogP) is 4.60. The van der Waals surface area contributed by atoms with E-state index in [-0.39, 0.29) is 0 Å². The fourth-order valence-corrected chi connectivity index (χ4v) is 4.03. The minimum absolute atomic E-state index is 0.707. The third-order valence-corrected chi connectivity index (χ3v) is 5.62. The van der Waals surface area contributed by atoms with E-state index in [2.05, 4.69) is 18.0 Å².